The highest BCUT2D eigenvalue weighted by Crippen LogP contribution is 2.39. The minimum absolute atomic E-state index is 0.0488. The lowest BCUT2D eigenvalue weighted by atomic mass is 10.0. The third-order valence-corrected chi connectivity index (χ3v) is 6.55. The first-order valence-electron chi connectivity index (χ1n) is 12.6. The fourth-order valence-corrected chi connectivity index (χ4v) is 4.47. The zero-order valence-corrected chi connectivity index (χ0v) is 21.5. The number of para-hydroxylation sites is 1. The highest BCUT2D eigenvalue weighted by atomic mass is 19.4. The minimum atomic E-state index is -4.48. The molecule has 0 aliphatic heterocycles. The van der Waals surface area contributed by atoms with Crippen LogP contribution in [0.25, 0.3) is 16.9 Å². The summed E-state index contributed by atoms with van der Waals surface area (Å²) in [6, 6.07) is 11.0. The molecule has 12 heteroatoms. The van der Waals surface area contributed by atoms with Crippen LogP contribution in [0.1, 0.15) is 42.8 Å². The molecule has 2 N–H and O–H groups in total. The van der Waals surface area contributed by atoms with Crippen LogP contribution in [0.4, 0.5) is 24.5 Å². The topological polar surface area (TPSA) is 110 Å². The van der Waals surface area contributed by atoms with Gasteiger partial charge in [0.2, 0.25) is 17.6 Å². The Morgan fingerprint density at radius 1 is 1.10 bits per heavy atom. The van der Waals surface area contributed by atoms with E-state index in [9.17, 15) is 27.6 Å². The summed E-state index contributed by atoms with van der Waals surface area (Å²) in [5.74, 6) is -0.177. The lowest BCUT2D eigenvalue weighted by molar-refractivity contribution is -0.137. The number of rotatable bonds is 8. The van der Waals surface area contributed by atoms with Crippen molar-refractivity contribution < 1.29 is 22.8 Å². The van der Waals surface area contributed by atoms with E-state index < -0.39 is 29.1 Å². The van der Waals surface area contributed by atoms with Crippen LogP contribution < -0.4 is 16.2 Å². The number of anilines is 2. The Labute approximate surface area is 226 Å². The summed E-state index contributed by atoms with van der Waals surface area (Å²) in [6.45, 7) is 5.07. The molecule has 4 aromatic rings. The maximum Gasteiger partial charge on any atom is 0.416 e. The number of aromatic nitrogens is 4. The molecule has 1 fully saturated rings. The number of benzene rings is 2. The number of nitrogens with zero attached hydrogens (tertiary/aromatic N) is 4. The molecule has 206 valence electrons. The predicted octanol–water partition coefficient (Wildman–Crippen LogP) is 4.78. The molecule has 0 bridgehead atoms. The first-order valence-corrected chi connectivity index (χ1v) is 12.6. The highest BCUT2D eigenvalue weighted by molar-refractivity contribution is 6.01. The van der Waals surface area contributed by atoms with Gasteiger partial charge in [0.1, 0.15) is 12.4 Å². The van der Waals surface area contributed by atoms with E-state index in [1.165, 1.54) is 16.6 Å². The maximum atomic E-state index is 13.8. The standard InChI is InChI=1S/C28H25F3N6O3/c1-3-20-24(19-7-5-6-8-21(19)33-22(38)4-2)26(40)37-27(34-20)36(25(35-37)16-9-10-16)15-23(39)32-18-13-11-17(12-14-18)28(29,30)31/h4-8,11-14,16H,2-3,9-10,15H2,1H3,(H,32,39)(H,33,38). The van der Waals surface area contributed by atoms with Crippen LogP contribution in [-0.2, 0) is 28.7 Å². The number of hydrogen-bond donors (Lipinski definition) is 2. The van der Waals surface area contributed by atoms with Crippen LogP contribution in [0.5, 0.6) is 0 Å². The Kier molecular flexibility index (Phi) is 7.01. The number of halogens is 3. The second kappa shape index (κ2) is 10.4. The molecule has 2 heterocycles. The zero-order valence-electron chi connectivity index (χ0n) is 21.5. The molecule has 1 saturated carbocycles. The highest BCUT2D eigenvalue weighted by Gasteiger charge is 2.33. The van der Waals surface area contributed by atoms with Gasteiger partial charge in [0.15, 0.2) is 0 Å². The molecule has 1 aliphatic carbocycles. The normalized spacial score (nSPS) is 13.3. The van der Waals surface area contributed by atoms with Gasteiger partial charge in [0.05, 0.1) is 16.8 Å². The van der Waals surface area contributed by atoms with Crippen molar-refractivity contribution in [1.82, 2.24) is 19.2 Å². The summed E-state index contributed by atoms with van der Waals surface area (Å²) in [5.41, 5.74) is 0.557. The zero-order chi connectivity index (χ0) is 28.6. The Bertz CT molecular complexity index is 1680. The van der Waals surface area contributed by atoms with E-state index in [0.29, 0.717) is 29.2 Å². The van der Waals surface area contributed by atoms with E-state index >= 15 is 0 Å². The molecule has 2 amide bonds. The maximum absolute atomic E-state index is 13.8. The molecule has 2 aromatic carbocycles. The Morgan fingerprint density at radius 3 is 2.42 bits per heavy atom. The van der Waals surface area contributed by atoms with E-state index in [0.717, 1.165) is 31.1 Å². The minimum Gasteiger partial charge on any atom is -0.325 e. The molecule has 5 rings (SSSR count). The average Bonchev–Trinajstić information content (AvgIpc) is 3.71. The Morgan fingerprint density at radius 2 is 1.80 bits per heavy atom. The van der Waals surface area contributed by atoms with Gasteiger partial charge in [-0.3, -0.25) is 19.0 Å². The number of nitrogens with one attached hydrogen (secondary N) is 2. The summed E-state index contributed by atoms with van der Waals surface area (Å²) < 4.78 is 41.4. The number of carbonyl (C=O) groups is 2. The van der Waals surface area contributed by atoms with Gasteiger partial charge in [-0.2, -0.15) is 17.7 Å². The summed E-state index contributed by atoms with van der Waals surface area (Å²) in [4.78, 5) is 43.5. The van der Waals surface area contributed by atoms with Crippen molar-refractivity contribution in [1.29, 1.82) is 0 Å². The third-order valence-electron chi connectivity index (χ3n) is 6.55. The molecular formula is C28H25F3N6O3. The fourth-order valence-electron chi connectivity index (χ4n) is 4.47. The van der Waals surface area contributed by atoms with Gasteiger partial charge in [-0.25, -0.2) is 4.98 Å². The van der Waals surface area contributed by atoms with Crippen LogP contribution in [-0.4, -0.2) is 31.0 Å². The largest absolute Gasteiger partial charge is 0.416 e. The molecule has 0 atom stereocenters. The lowest BCUT2D eigenvalue weighted by Crippen LogP contribution is -2.23. The first-order chi connectivity index (χ1) is 19.1. The molecule has 1 aliphatic rings. The summed E-state index contributed by atoms with van der Waals surface area (Å²) >= 11 is 0. The van der Waals surface area contributed by atoms with Gasteiger partial charge in [-0.1, -0.05) is 31.7 Å². The predicted molar refractivity (Wildman–Crippen MR) is 143 cm³/mol. The molecule has 0 spiro atoms. The Hall–Kier alpha value is -4.74. The van der Waals surface area contributed by atoms with E-state index in [1.54, 1.807) is 28.8 Å². The van der Waals surface area contributed by atoms with Gasteiger partial charge in [-0.05, 0) is 55.7 Å². The van der Waals surface area contributed by atoms with Crippen molar-refractivity contribution in [2.75, 3.05) is 10.6 Å². The molecule has 0 saturated heterocycles. The van der Waals surface area contributed by atoms with Crippen LogP contribution in [0.15, 0.2) is 66.0 Å². The van der Waals surface area contributed by atoms with Crippen LogP contribution in [0.2, 0.25) is 0 Å². The molecular weight excluding hydrogens is 525 g/mol. The number of fused-ring (bicyclic) bond motifs is 1. The summed E-state index contributed by atoms with van der Waals surface area (Å²) in [5, 5.41) is 9.86. The number of amides is 2. The fraction of sp³-hybridized carbons (Fsp3) is 0.250. The average molecular weight is 551 g/mol. The van der Waals surface area contributed by atoms with Crippen LogP contribution in [0, 0.1) is 0 Å². The first kappa shape index (κ1) is 26.9. The lowest BCUT2D eigenvalue weighted by Gasteiger charge is -2.13. The van der Waals surface area contributed by atoms with Crippen molar-refractivity contribution in [2.24, 2.45) is 0 Å². The molecule has 2 aromatic heterocycles. The second-order valence-corrected chi connectivity index (χ2v) is 9.38. The van der Waals surface area contributed by atoms with Gasteiger partial charge < -0.3 is 10.6 Å². The monoisotopic (exact) mass is 550 g/mol. The quantitative estimate of drug-likeness (QED) is 0.307. The second-order valence-electron chi connectivity index (χ2n) is 9.38. The van der Waals surface area contributed by atoms with Crippen molar-refractivity contribution in [3.63, 3.8) is 0 Å². The van der Waals surface area contributed by atoms with Crippen molar-refractivity contribution in [3.8, 4) is 11.1 Å². The smallest absolute Gasteiger partial charge is 0.325 e. The molecule has 0 unspecified atom stereocenters. The molecule has 40 heavy (non-hydrogen) atoms. The van der Waals surface area contributed by atoms with Gasteiger partial charge >= 0.3 is 6.18 Å². The number of carbonyl (C=O) groups excluding carboxylic acids is 2. The summed E-state index contributed by atoms with van der Waals surface area (Å²) in [6.07, 6.45) is -1.30. The van der Waals surface area contributed by atoms with Gasteiger partial charge in [0.25, 0.3) is 5.56 Å². The number of aryl methyl sites for hydroxylation is 1. The van der Waals surface area contributed by atoms with Crippen LogP contribution in [0.3, 0.4) is 0 Å². The van der Waals surface area contributed by atoms with Crippen molar-refractivity contribution >= 4 is 29.0 Å². The summed E-state index contributed by atoms with van der Waals surface area (Å²) in [7, 11) is 0. The van der Waals surface area contributed by atoms with E-state index in [-0.39, 0.29) is 29.5 Å². The number of hydrogen-bond acceptors (Lipinski definition) is 5. The molecule has 9 nitrogen and oxygen atoms in total. The van der Waals surface area contributed by atoms with Crippen molar-refractivity contribution in [3.05, 3.63) is 88.6 Å². The van der Waals surface area contributed by atoms with Gasteiger partial charge in [0, 0.05) is 22.9 Å². The molecule has 0 radical (unpaired) electrons. The van der Waals surface area contributed by atoms with Crippen molar-refractivity contribution in [2.45, 2.75) is 44.8 Å². The van der Waals surface area contributed by atoms with E-state index in [2.05, 4.69) is 22.3 Å². The van der Waals surface area contributed by atoms with E-state index in [1.807, 2.05) is 6.92 Å². The van der Waals surface area contributed by atoms with Crippen LogP contribution >= 0.6 is 0 Å². The Balaban J connectivity index is 1.54. The van der Waals surface area contributed by atoms with Gasteiger partial charge in [-0.15, -0.1) is 5.10 Å². The SMILES string of the molecule is C=CC(=O)Nc1ccccc1-c1c(CC)nc2n(CC(=O)Nc3ccc(C(F)(F)F)cc3)c(C3CC3)nn2c1=O. The van der Waals surface area contributed by atoms with E-state index in [4.69, 9.17) is 4.98 Å². The third kappa shape index (κ3) is 5.24. The number of alkyl halides is 3.